The number of hydrogen-bond donors (Lipinski definition) is 0. The topological polar surface area (TPSA) is 33.5 Å². The van der Waals surface area contributed by atoms with Gasteiger partial charge in [0.25, 0.3) is 0 Å². The normalized spacial score (nSPS) is 3.60. The summed E-state index contributed by atoms with van der Waals surface area (Å²) in [6.45, 7) is 5.50. The van der Waals surface area contributed by atoms with Crippen LogP contribution in [0.3, 0.4) is 0 Å². The van der Waals surface area contributed by atoms with Gasteiger partial charge in [-0.05, 0) is 0 Å². The predicted molar refractivity (Wildman–Crippen MR) is 20.9 cm³/mol. The van der Waals surface area contributed by atoms with Crippen LogP contribution in [0.1, 0.15) is 13.3 Å². The molecule has 1 nitrogen and oxygen atoms in total. The van der Waals surface area contributed by atoms with Gasteiger partial charge >= 0.3 is 26.2 Å². The molecule has 0 aromatic carbocycles. The van der Waals surface area contributed by atoms with E-state index in [0.29, 0.717) is 0 Å². The van der Waals surface area contributed by atoms with Crippen LogP contribution in [0.2, 0.25) is 0 Å². The molecular weight excluding hydrogens is 141 g/mol. The largest absolute Gasteiger partial charge is 2.00 e. The van der Waals surface area contributed by atoms with Crippen molar-refractivity contribution in [3.05, 3.63) is 13.1 Å². The molecule has 0 amide bonds. The van der Waals surface area contributed by atoms with E-state index in [4.69, 9.17) is 0 Å². The van der Waals surface area contributed by atoms with Gasteiger partial charge in [-0.25, -0.2) is 0 Å². The van der Waals surface area contributed by atoms with E-state index in [1.165, 1.54) is 0 Å². The molecule has 30 valence electrons. The molecule has 0 aliphatic heterocycles. The summed E-state index contributed by atoms with van der Waals surface area (Å²) in [5, 5.41) is 0. The summed E-state index contributed by atoms with van der Waals surface area (Å²) in [6.07, 6.45) is 1.00. The molecule has 0 aromatic heterocycles. The van der Waals surface area contributed by atoms with Crippen LogP contribution >= 0.6 is 0 Å². The van der Waals surface area contributed by atoms with Gasteiger partial charge in [-0.1, -0.05) is 6.92 Å². The van der Waals surface area contributed by atoms with E-state index in [9.17, 15) is 0 Å². The third kappa shape index (κ3) is 55.1. The zero-order chi connectivity index (χ0) is 2.71. The molecule has 2 heteroatoms. The Kier molecular flexibility index (Phi) is 71.4. The Hall–Kier alpha value is 0.843. The zero-order valence-electron chi connectivity index (χ0n) is 3.49. The van der Waals surface area contributed by atoms with Crippen LogP contribution in [0.25, 0.3) is 6.15 Å². The van der Waals surface area contributed by atoms with Gasteiger partial charge < -0.3 is 13.1 Å². The van der Waals surface area contributed by atoms with Gasteiger partial charge in [0.1, 0.15) is 0 Å². The van der Waals surface area contributed by atoms with Gasteiger partial charge in [-0.2, -0.15) is 6.42 Å². The second-order valence-corrected chi connectivity index (χ2v) is 0.500. The van der Waals surface area contributed by atoms with Crippen molar-refractivity contribution in [2.45, 2.75) is 13.3 Å². The van der Waals surface area contributed by atoms with Crippen LogP contribution in [-0.4, -0.2) is 0 Å². The maximum atomic E-state index is 3.49. The number of hydrogen-bond acceptors (Lipinski definition) is 0. The van der Waals surface area contributed by atoms with Crippen LogP contribution in [0.5, 0.6) is 0 Å². The Labute approximate surface area is 52.9 Å². The van der Waals surface area contributed by atoms with Crippen molar-refractivity contribution in [1.29, 1.82) is 0 Å². The molecule has 0 fully saturated rings. The number of nitrogens with two attached hydrogens (primary N) is 1. The quantitative estimate of drug-likeness (QED) is 0.473. The van der Waals surface area contributed by atoms with Crippen molar-refractivity contribution in [3.8, 4) is 0 Å². The molecule has 0 aliphatic rings. The van der Waals surface area contributed by atoms with Gasteiger partial charge in [0.15, 0.2) is 0 Å². The summed E-state index contributed by atoms with van der Waals surface area (Å²) in [5.41, 5.74) is 0. The van der Waals surface area contributed by atoms with Gasteiger partial charge in [-0.3, -0.25) is 0 Å². The van der Waals surface area contributed by atoms with Gasteiger partial charge in [0.05, 0.1) is 0 Å². The molecule has 0 spiro atoms. The van der Waals surface area contributed by atoms with E-state index < -0.39 is 0 Å². The maximum Gasteiger partial charge on any atom is 2.00 e. The zero-order valence-corrected chi connectivity index (χ0v) is 5.95. The standard InChI is InChI=1S/C3H7.H2N.Zr/c1-3-2;;/h1,3H2,2H3;1H2;/q2*-1;+2. The van der Waals surface area contributed by atoms with Crippen molar-refractivity contribution < 1.29 is 26.2 Å². The van der Waals surface area contributed by atoms with Crippen molar-refractivity contribution in [1.82, 2.24) is 0 Å². The fraction of sp³-hybridized carbons (Fsp3) is 0.667. The van der Waals surface area contributed by atoms with Crippen molar-refractivity contribution in [2.75, 3.05) is 0 Å². The maximum absolute atomic E-state index is 3.49. The van der Waals surface area contributed by atoms with E-state index in [1.807, 2.05) is 6.92 Å². The summed E-state index contributed by atoms with van der Waals surface area (Å²) in [4.78, 5) is 0. The Morgan fingerprint density at radius 3 is 1.60 bits per heavy atom. The summed E-state index contributed by atoms with van der Waals surface area (Å²) >= 11 is 0. The summed E-state index contributed by atoms with van der Waals surface area (Å²) in [7, 11) is 0. The number of rotatable bonds is 0. The molecule has 0 aliphatic carbocycles. The van der Waals surface area contributed by atoms with E-state index >= 15 is 0 Å². The fourth-order valence-electron chi connectivity index (χ4n) is 0. The van der Waals surface area contributed by atoms with E-state index in [0.717, 1.165) is 6.42 Å². The van der Waals surface area contributed by atoms with Crippen LogP contribution < -0.4 is 0 Å². The average Bonchev–Trinajstić information content (AvgIpc) is 0.918. The Balaban J connectivity index is -0.0000000200. The molecule has 0 rings (SSSR count). The first-order valence-corrected chi connectivity index (χ1v) is 1.21. The van der Waals surface area contributed by atoms with E-state index in [1.54, 1.807) is 0 Å². The van der Waals surface area contributed by atoms with Crippen LogP contribution in [0.15, 0.2) is 0 Å². The molecule has 0 atom stereocenters. The van der Waals surface area contributed by atoms with Crippen molar-refractivity contribution in [3.63, 3.8) is 0 Å². The minimum absolute atomic E-state index is 0. The second kappa shape index (κ2) is 21.1. The molecule has 0 bridgehead atoms. The van der Waals surface area contributed by atoms with Crippen LogP contribution in [-0.2, 0) is 26.2 Å². The van der Waals surface area contributed by atoms with E-state index in [2.05, 4.69) is 6.92 Å². The second-order valence-electron chi connectivity index (χ2n) is 0.500. The van der Waals surface area contributed by atoms with Gasteiger partial charge in [0, 0.05) is 0 Å². The minimum atomic E-state index is 0. The third-order valence-electron chi connectivity index (χ3n) is 0. The third-order valence-corrected chi connectivity index (χ3v) is 0. The Morgan fingerprint density at radius 1 is 1.60 bits per heavy atom. The molecule has 0 heterocycles. The van der Waals surface area contributed by atoms with Gasteiger partial charge in [-0.15, -0.1) is 0 Å². The molecule has 0 unspecified atom stereocenters. The monoisotopic (exact) mass is 149 g/mol. The summed E-state index contributed by atoms with van der Waals surface area (Å²) in [6, 6.07) is 0. The predicted octanol–water partition coefficient (Wildman–Crippen LogP) is 1.95. The van der Waals surface area contributed by atoms with E-state index in [-0.39, 0.29) is 32.4 Å². The van der Waals surface area contributed by atoms with Gasteiger partial charge in [0.2, 0.25) is 0 Å². The molecule has 0 aromatic rings. The SMILES string of the molecule is [CH2-]CC.[NH2-].[Zr+2]. The first-order chi connectivity index (χ1) is 1.41. The molecule has 0 saturated carbocycles. The molecule has 0 radical (unpaired) electrons. The fourth-order valence-corrected chi connectivity index (χ4v) is 0. The summed E-state index contributed by atoms with van der Waals surface area (Å²) < 4.78 is 0. The Morgan fingerprint density at radius 2 is 1.60 bits per heavy atom. The summed E-state index contributed by atoms with van der Waals surface area (Å²) in [5.74, 6) is 0. The van der Waals surface area contributed by atoms with Crippen LogP contribution in [0, 0.1) is 6.92 Å². The smallest absolute Gasteiger partial charge is 0.693 e. The first kappa shape index (κ1) is 17.0. The van der Waals surface area contributed by atoms with Crippen molar-refractivity contribution in [2.24, 2.45) is 0 Å². The first-order valence-electron chi connectivity index (χ1n) is 1.21. The molecular formula is C3H9NZr. The molecule has 0 saturated heterocycles. The Bertz CT molecular complexity index is 6.85. The molecule has 2 N–H and O–H groups in total. The molecule has 5 heavy (non-hydrogen) atoms. The minimum Gasteiger partial charge on any atom is -0.693 e. The average molecular weight is 150 g/mol. The van der Waals surface area contributed by atoms with Crippen molar-refractivity contribution >= 4 is 0 Å². The van der Waals surface area contributed by atoms with Crippen LogP contribution in [0.4, 0.5) is 0 Å².